The molecule has 1 aliphatic carbocycles. The summed E-state index contributed by atoms with van der Waals surface area (Å²) in [7, 11) is -3.38. The van der Waals surface area contributed by atoms with Crippen molar-refractivity contribution in [1.82, 2.24) is 10.0 Å². The van der Waals surface area contributed by atoms with Gasteiger partial charge in [-0.25, -0.2) is 13.1 Å². The first-order valence-electron chi connectivity index (χ1n) is 7.05. The summed E-state index contributed by atoms with van der Waals surface area (Å²) >= 11 is 4.49. The second kappa shape index (κ2) is 9.47. The maximum absolute atomic E-state index is 12.1. The topological polar surface area (TPSA) is 58.2 Å². The molecule has 2 N–H and O–H groups in total. The van der Waals surface area contributed by atoms with Crippen molar-refractivity contribution >= 4 is 49.7 Å². The van der Waals surface area contributed by atoms with Gasteiger partial charge in [0.2, 0.25) is 0 Å². The zero-order valence-electron chi connectivity index (χ0n) is 11.8. The zero-order chi connectivity index (χ0) is 14.4. The van der Waals surface area contributed by atoms with Crippen molar-refractivity contribution in [2.75, 3.05) is 13.1 Å². The Morgan fingerprint density at radius 2 is 1.86 bits per heavy atom. The van der Waals surface area contributed by atoms with Gasteiger partial charge in [0.15, 0.2) is 0 Å². The molecule has 1 heterocycles. The largest absolute Gasteiger partial charge is 0.313 e. The Morgan fingerprint density at radius 3 is 2.43 bits per heavy atom. The van der Waals surface area contributed by atoms with Crippen LogP contribution in [-0.4, -0.2) is 27.5 Å². The highest BCUT2D eigenvalue weighted by Crippen LogP contribution is 2.27. The molecule has 1 aromatic rings. The van der Waals surface area contributed by atoms with E-state index < -0.39 is 10.0 Å². The molecule has 4 nitrogen and oxygen atoms in total. The van der Waals surface area contributed by atoms with Crippen molar-refractivity contribution in [3.8, 4) is 0 Å². The zero-order valence-corrected chi connectivity index (χ0v) is 15.8. The molecule has 0 unspecified atom stereocenters. The quantitative estimate of drug-likeness (QED) is 0.550. The number of halogens is 2. The van der Waals surface area contributed by atoms with Crippen LogP contribution in [0.25, 0.3) is 0 Å². The summed E-state index contributed by atoms with van der Waals surface area (Å²) < 4.78 is 27.8. The van der Waals surface area contributed by atoms with E-state index in [9.17, 15) is 8.42 Å². The maximum atomic E-state index is 12.1. The number of hydrogen-bond acceptors (Lipinski definition) is 4. The molecule has 2 rings (SSSR count). The predicted molar refractivity (Wildman–Crippen MR) is 93.9 cm³/mol. The second-order valence-electron chi connectivity index (χ2n) is 5.10. The highest BCUT2D eigenvalue weighted by atomic mass is 79.9. The minimum Gasteiger partial charge on any atom is -0.313 e. The first-order valence-corrected chi connectivity index (χ1v) is 10.2. The highest BCUT2D eigenvalue weighted by molar-refractivity contribution is 9.10. The summed E-state index contributed by atoms with van der Waals surface area (Å²) in [4.78, 5) is 0. The van der Waals surface area contributed by atoms with Crippen LogP contribution in [0.5, 0.6) is 0 Å². The fourth-order valence-corrected chi connectivity index (χ4v) is 5.89. The number of nitrogens with one attached hydrogen (secondary N) is 2. The summed E-state index contributed by atoms with van der Waals surface area (Å²) in [5.74, 6) is 0. The Hall–Kier alpha value is 0.340. The Labute approximate surface area is 145 Å². The van der Waals surface area contributed by atoms with Crippen molar-refractivity contribution in [2.24, 2.45) is 0 Å². The molecule has 0 amide bonds. The minimum atomic E-state index is -3.38. The summed E-state index contributed by atoms with van der Waals surface area (Å²) in [6.07, 6.45) is 7.65. The molecular formula is C13H22BrClN2O2S2. The average Bonchev–Trinajstić information content (AvgIpc) is 2.70. The van der Waals surface area contributed by atoms with E-state index in [1.807, 2.05) is 0 Å². The van der Waals surface area contributed by atoms with E-state index in [2.05, 4.69) is 26.0 Å². The lowest BCUT2D eigenvalue weighted by molar-refractivity contribution is 0.461. The average molecular weight is 418 g/mol. The summed E-state index contributed by atoms with van der Waals surface area (Å²) in [5.41, 5.74) is 0. The van der Waals surface area contributed by atoms with Crippen LogP contribution in [0.4, 0.5) is 0 Å². The van der Waals surface area contributed by atoms with Crippen molar-refractivity contribution in [2.45, 2.75) is 48.8 Å². The third-order valence-corrected chi connectivity index (χ3v) is 7.66. The summed E-state index contributed by atoms with van der Waals surface area (Å²) in [5, 5.41) is 5.23. The van der Waals surface area contributed by atoms with Crippen LogP contribution in [0, 0.1) is 0 Å². The molecule has 122 valence electrons. The van der Waals surface area contributed by atoms with E-state index in [0.717, 1.165) is 0 Å². The van der Waals surface area contributed by atoms with Crippen LogP contribution in [0.2, 0.25) is 0 Å². The number of rotatable bonds is 6. The van der Waals surface area contributed by atoms with Gasteiger partial charge in [0.1, 0.15) is 4.21 Å². The van der Waals surface area contributed by atoms with Crippen LogP contribution in [-0.2, 0) is 10.0 Å². The second-order valence-corrected chi connectivity index (χ2v) is 8.83. The molecule has 0 spiro atoms. The molecule has 0 radical (unpaired) electrons. The smallest absolute Gasteiger partial charge is 0.251 e. The molecule has 0 bridgehead atoms. The van der Waals surface area contributed by atoms with E-state index in [1.165, 1.54) is 49.9 Å². The van der Waals surface area contributed by atoms with Crippen LogP contribution >= 0.6 is 39.7 Å². The molecule has 0 atom stereocenters. The van der Waals surface area contributed by atoms with Crippen LogP contribution in [0.3, 0.4) is 0 Å². The van der Waals surface area contributed by atoms with Crippen molar-refractivity contribution in [3.05, 3.63) is 15.9 Å². The number of sulfonamides is 1. The number of thiophene rings is 1. The fraction of sp³-hybridized carbons (Fsp3) is 0.692. The third-order valence-electron chi connectivity index (χ3n) is 3.53. The van der Waals surface area contributed by atoms with Crippen molar-refractivity contribution in [1.29, 1.82) is 0 Å². The van der Waals surface area contributed by atoms with Crippen LogP contribution in [0.15, 0.2) is 20.1 Å². The lowest BCUT2D eigenvalue weighted by atomic mass is 10.1. The predicted octanol–water partition coefficient (Wildman–Crippen LogP) is 3.52. The van der Waals surface area contributed by atoms with E-state index in [1.54, 1.807) is 11.4 Å². The van der Waals surface area contributed by atoms with E-state index in [4.69, 9.17) is 0 Å². The molecule has 1 aliphatic rings. The molecule has 0 saturated heterocycles. The van der Waals surface area contributed by atoms with Crippen molar-refractivity contribution in [3.63, 3.8) is 0 Å². The van der Waals surface area contributed by atoms with Gasteiger partial charge in [0.25, 0.3) is 10.0 Å². The van der Waals surface area contributed by atoms with Gasteiger partial charge < -0.3 is 5.32 Å². The molecular weight excluding hydrogens is 396 g/mol. The summed E-state index contributed by atoms with van der Waals surface area (Å²) in [6, 6.07) is 2.30. The third kappa shape index (κ3) is 6.15. The maximum Gasteiger partial charge on any atom is 0.251 e. The Morgan fingerprint density at radius 1 is 1.19 bits per heavy atom. The molecule has 0 aliphatic heterocycles. The molecule has 0 aromatic carbocycles. The molecule has 21 heavy (non-hydrogen) atoms. The van der Waals surface area contributed by atoms with Gasteiger partial charge in [0.05, 0.1) is 0 Å². The molecule has 1 aromatic heterocycles. The van der Waals surface area contributed by atoms with Gasteiger partial charge in [-0.15, -0.1) is 23.7 Å². The van der Waals surface area contributed by atoms with Gasteiger partial charge >= 0.3 is 0 Å². The van der Waals surface area contributed by atoms with E-state index >= 15 is 0 Å². The van der Waals surface area contributed by atoms with Crippen molar-refractivity contribution < 1.29 is 8.42 Å². The lowest BCUT2D eigenvalue weighted by Gasteiger charge is -2.16. The monoisotopic (exact) mass is 416 g/mol. The molecule has 1 saturated carbocycles. The van der Waals surface area contributed by atoms with Gasteiger partial charge in [-0.05, 0) is 40.2 Å². The Bertz CT molecular complexity index is 514. The summed E-state index contributed by atoms with van der Waals surface area (Å²) in [6.45, 7) is 1.12. The van der Waals surface area contributed by atoms with Gasteiger partial charge in [0, 0.05) is 23.6 Å². The lowest BCUT2D eigenvalue weighted by Crippen LogP contribution is -2.36. The number of hydrogen-bond donors (Lipinski definition) is 2. The van der Waals surface area contributed by atoms with Gasteiger partial charge in [-0.1, -0.05) is 25.7 Å². The van der Waals surface area contributed by atoms with Gasteiger partial charge in [-0.3, -0.25) is 0 Å². The fourth-order valence-electron chi connectivity index (χ4n) is 2.48. The van der Waals surface area contributed by atoms with E-state index in [0.29, 0.717) is 27.8 Å². The van der Waals surface area contributed by atoms with Gasteiger partial charge in [-0.2, -0.15) is 0 Å². The van der Waals surface area contributed by atoms with Crippen LogP contribution in [0.1, 0.15) is 38.5 Å². The van der Waals surface area contributed by atoms with Crippen LogP contribution < -0.4 is 10.0 Å². The molecule has 1 fully saturated rings. The first kappa shape index (κ1) is 19.4. The Balaban J connectivity index is 0.00000220. The standard InChI is InChI=1S/C13H21BrN2O2S2.ClH/c14-12-7-10-19-13(12)20(17,18)16-9-8-15-11-5-3-1-2-4-6-11;/h7,10-11,15-16H,1-6,8-9H2;1H. The highest BCUT2D eigenvalue weighted by Gasteiger charge is 2.18. The normalized spacial score (nSPS) is 17.2. The Kier molecular flexibility index (Phi) is 8.74. The van der Waals surface area contributed by atoms with E-state index in [-0.39, 0.29) is 12.4 Å². The first-order chi connectivity index (χ1) is 9.59. The SMILES string of the molecule is Cl.O=S(=O)(NCCNC1CCCCCC1)c1sccc1Br. The molecule has 8 heteroatoms. The minimum absolute atomic E-state index is 0.